The van der Waals surface area contributed by atoms with E-state index in [0.717, 1.165) is 21.2 Å². The molecule has 3 nitrogen and oxygen atoms in total. The number of fused-ring (bicyclic) bond motifs is 1. The molecule has 0 spiro atoms. The highest BCUT2D eigenvalue weighted by Crippen LogP contribution is 2.39. The molecule has 1 aromatic heterocycles. The molecule has 0 saturated heterocycles. The van der Waals surface area contributed by atoms with E-state index < -0.39 is 0 Å². The lowest BCUT2D eigenvalue weighted by Crippen LogP contribution is -2.04. The molecule has 3 aromatic rings. The van der Waals surface area contributed by atoms with Crippen LogP contribution in [-0.2, 0) is 4.74 Å². The monoisotopic (exact) mass is 298 g/mol. The van der Waals surface area contributed by atoms with Crippen LogP contribution in [0.3, 0.4) is 0 Å². The number of hydrogen-bond donors (Lipinski definition) is 0. The van der Waals surface area contributed by atoms with Crippen LogP contribution in [0.5, 0.6) is 5.75 Å². The molecule has 3 rings (SSSR count). The number of carbonyl (C=O) groups excluding carboxylic acids is 1. The molecule has 0 N–H and O–H groups in total. The number of thiophene rings is 1. The van der Waals surface area contributed by atoms with Gasteiger partial charge in [0.25, 0.3) is 0 Å². The molecule has 0 fully saturated rings. The summed E-state index contributed by atoms with van der Waals surface area (Å²) < 4.78 is 10.4. The highest BCUT2D eigenvalue weighted by atomic mass is 32.1. The topological polar surface area (TPSA) is 35.5 Å². The zero-order chi connectivity index (χ0) is 14.8. The first-order valence-electron chi connectivity index (χ1n) is 6.48. The minimum atomic E-state index is -0.359. The van der Waals surface area contributed by atoms with Crippen LogP contribution < -0.4 is 4.74 Å². The maximum Gasteiger partial charge on any atom is 0.338 e. The minimum Gasteiger partial charge on any atom is -0.496 e. The summed E-state index contributed by atoms with van der Waals surface area (Å²) in [6.45, 7) is 0. The van der Waals surface area contributed by atoms with Gasteiger partial charge < -0.3 is 9.47 Å². The van der Waals surface area contributed by atoms with Crippen molar-refractivity contribution < 1.29 is 14.3 Å². The number of rotatable bonds is 3. The van der Waals surface area contributed by atoms with Crippen LogP contribution in [-0.4, -0.2) is 20.2 Å². The van der Waals surface area contributed by atoms with Gasteiger partial charge in [-0.3, -0.25) is 0 Å². The van der Waals surface area contributed by atoms with Gasteiger partial charge in [0.05, 0.1) is 19.8 Å². The van der Waals surface area contributed by atoms with Crippen molar-refractivity contribution in [2.24, 2.45) is 0 Å². The van der Waals surface area contributed by atoms with E-state index in [4.69, 9.17) is 9.47 Å². The van der Waals surface area contributed by atoms with Crippen molar-refractivity contribution in [2.75, 3.05) is 14.2 Å². The molecule has 0 aliphatic heterocycles. The second-order valence-electron chi connectivity index (χ2n) is 4.52. The predicted molar refractivity (Wildman–Crippen MR) is 85.2 cm³/mol. The lowest BCUT2D eigenvalue weighted by Gasteiger charge is -2.14. The fourth-order valence-electron chi connectivity index (χ4n) is 2.47. The molecule has 21 heavy (non-hydrogen) atoms. The third-order valence-corrected chi connectivity index (χ3v) is 4.29. The Balaban J connectivity index is 2.43. The van der Waals surface area contributed by atoms with E-state index in [1.807, 2.05) is 41.8 Å². The molecule has 4 heteroatoms. The maximum atomic E-state index is 12.2. The van der Waals surface area contributed by atoms with Gasteiger partial charge in [0.15, 0.2) is 0 Å². The lowest BCUT2D eigenvalue weighted by molar-refractivity contribution is 0.0601. The smallest absolute Gasteiger partial charge is 0.338 e. The molecule has 0 radical (unpaired) electrons. The molecule has 106 valence electrons. The number of benzene rings is 2. The van der Waals surface area contributed by atoms with Crippen LogP contribution in [0.1, 0.15) is 10.4 Å². The van der Waals surface area contributed by atoms with Crippen LogP contribution in [0.25, 0.3) is 21.2 Å². The molecule has 0 bridgehead atoms. The second-order valence-corrected chi connectivity index (χ2v) is 5.46. The fourth-order valence-corrected chi connectivity index (χ4v) is 3.27. The Labute approximate surface area is 126 Å². The molecular weight excluding hydrogens is 284 g/mol. The van der Waals surface area contributed by atoms with Gasteiger partial charge in [-0.2, -0.15) is 0 Å². The normalized spacial score (nSPS) is 10.6. The van der Waals surface area contributed by atoms with Crippen molar-refractivity contribution in [1.29, 1.82) is 0 Å². The first-order valence-corrected chi connectivity index (χ1v) is 7.36. The third kappa shape index (κ3) is 2.28. The standard InChI is InChI=1S/C17H14O3S/c1-19-14-10-13(17(18)20-2)16(15-8-5-9-21-15)12-7-4-3-6-11(12)14/h3-10H,1-2H3. The van der Waals surface area contributed by atoms with E-state index in [2.05, 4.69) is 0 Å². The Bertz CT molecular complexity index is 791. The van der Waals surface area contributed by atoms with E-state index in [1.165, 1.54) is 7.11 Å². The summed E-state index contributed by atoms with van der Waals surface area (Å²) >= 11 is 1.60. The minimum absolute atomic E-state index is 0.359. The molecule has 0 aliphatic carbocycles. The number of hydrogen-bond acceptors (Lipinski definition) is 4. The van der Waals surface area contributed by atoms with Crippen molar-refractivity contribution in [3.63, 3.8) is 0 Å². The first-order chi connectivity index (χ1) is 10.3. The van der Waals surface area contributed by atoms with E-state index in [-0.39, 0.29) is 5.97 Å². The Kier molecular flexibility index (Phi) is 3.62. The maximum absolute atomic E-state index is 12.2. The Hall–Kier alpha value is -2.33. The summed E-state index contributed by atoms with van der Waals surface area (Å²) in [5.74, 6) is 0.314. The molecule has 0 saturated carbocycles. The summed E-state index contributed by atoms with van der Waals surface area (Å²) in [5.41, 5.74) is 1.42. The fraction of sp³-hybridized carbons (Fsp3) is 0.118. The van der Waals surface area contributed by atoms with E-state index in [9.17, 15) is 4.79 Å². The van der Waals surface area contributed by atoms with Crippen LogP contribution in [0.2, 0.25) is 0 Å². The van der Waals surface area contributed by atoms with Gasteiger partial charge in [0, 0.05) is 15.8 Å². The number of esters is 1. The van der Waals surface area contributed by atoms with Gasteiger partial charge in [0.1, 0.15) is 5.75 Å². The highest BCUT2D eigenvalue weighted by molar-refractivity contribution is 7.13. The molecule has 0 amide bonds. The average Bonchev–Trinajstić information content (AvgIpc) is 3.06. The SMILES string of the molecule is COC(=O)c1cc(OC)c2ccccc2c1-c1cccs1. The highest BCUT2D eigenvalue weighted by Gasteiger charge is 2.20. The Morgan fingerprint density at radius 3 is 2.43 bits per heavy atom. The van der Waals surface area contributed by atoms with E-state index >= 15 is 0 Å². The summed E-state index contributed by atoms with van der Waals surface area (Å²) in [6, 6.07) is 13.6. The van der Waals surface area contributed by atoms with Crippen LogP contribution in [0, 0.1) is 0 Å². The van der Waals surface area contributed by atoms with Gasteiger partial charge in [0.2, 0.25) is 0 Å². The van der Waals surface area contributed by atoms with Crippen molar-refractivity contribution in [3.05, 3.63) is 53.4 Å². The van der Waals surface area contributed by atoms with Crippen LogP contribution >= 0.6 is 11.3 Å². The van der Waals surface area contributed by atoms with Gasteiger partial charge in [-0.1, -0.05) is 30.3 Å². The van der Waals surface area contributed by atoms with E-state index in [0.29, 0.717) is 11.3 Å². The van der Waals surface area contributed by atoms with Gasteiger partial charge >= 0.3 is 5.97 Å². The van der Waals surface area contributed by atoms with Crippen LogP contribution in [0.4, 0.5) is 0 Å². The number of methoxy groups -OCH3 is 2. The first kappa shape index (κ1) is 13.6. The van der Waals surface area contributed by atoms with Gasteiger partial charge in [-0.05, 0) is 22.9 Å². The zero-order valence-electron chi connectivity index (χ0n) is 11.8. The molecule has 0 unspecified atom stereocenters. The largest absolute Gasteiger partial charge is 0.496 e. The predicted octanol–water partition coefficient (Wildman–Crippen LogP) is 4.36. The molecule has 0 atom stereocenters. The van der Waals surface area contributed by atoms with Crippen molar-refractivity contribution in [1.82, 2.24) is 0 Å². The zero-order valence-corrected chi connectivity index (χ0v) is 12.6. The average molecular weight is 298 g/mol. The second kappa shape index (κ2) is 5.58. The van der Waals surface area contributed by atoms with E-state index in [1.54, 1.807) is 24.5 Å². The van der Waals surface area contributed by atoms with Crippen LogP contribution in [0.15, 0.2) is 47.8 Å². The summed E-state index contributed by atoms with van der Waals surface area (Å²) in [5, 5.41) is 3.96. The van der Waals surface area contributed by atoms with Crippen molar-refractivity contribution in [3.8, 4) is 16.2 Å². The van der Waals surface area contributed by atoms with Crippen molar-refractivity contribution >= 4 is 28.1 Å². The van der Waals surface area contributed by atoms with Gasteiger partial charge in [-0.25, -0.2) is 4.79 Å². The third-order valence-electron chi connectivity index (χ3n) is 3.40. The molecule has 2 aromatic carbocycles. The van der Waals surface area contributed by atoms with Crippen molar-refractivity contribution in [2.45, 2.75) is 0 Å². The molecule has 1 heterocycles. The summed E-state index contributed by atoms with van der Waals surface area (Å²) in [4.78, 5) is 13.2. The summed E-state index contributed by atoms with van der Waals surface area (Å²) in [7, 11) is 3.00. The Morgan fingerprint density at radius 1 is 1.05 bits per heavy atom. The molecule has 0 aliphatic rings. The lowest BCUT2D eigenvalue weighted by atomic mass is 9.96. The molecular formula is C17H14O3S. The number of carbonyl (C=O) groups is 1. The Morgan fingerprint density at radius 2 is 1.81 bits per heavy atom. The van der Waals surface area contributed by atoms with Gasteiger partial charge in [-0.15, -0.1) is 11.3 Å². The number of ether oxygens (including phenoxy) is 2. The quantitative estimate of drug-likeness (QED) is 0.674. The summed E-state index contributed by atoms with van der Waals surface area (Å²) in [6.07, 6.45) is 0.